The molecule has 0 bridgehead atoms. The van der Waals surface area contributed by atoms with Crippen LogP contribution in [0.2, 0.25) is 5.02 Å². The molecule has 1 atom stereocenters. The first kappa shape index (κ1) is 15.3. The van der Waals surface area contributed by atoms with Crippen molar-refractivity contribution in [2.75, 3.05) is 11.9 Å². The topological polar surface area (TPSA) is 56.0 Å². The van der Waals surface area contributed by atoms with E-state index in [2.05, 4.69) is 5.32 Å². The summed E-state index contributed by atoms with van der Waals surface area (Å²) in [6, 6.07) is 12.9. The molecule has 108 valence electrons. The molecule has 2 rings (SSSR count). The fourth-order valence-corrected chi connectivity index (χ4v) is 2.11. The Kier molecular flexibility index (Phi) is 4.46. The number of hydrogen-bond donors (Lipinski definition) is 2. The second kappa shape index (κ2) is 6.13. The Bertz CT molecular complexity index is 695. The molecule has 2 aromatic rings. The highest BCUT2D eigenvalue weighted by molar-refractivity contribution is 6.30. The summed E-state index contributed by atoms with van der Waals surface area (Å²) in [6.45, 7) is 1.73. The molecule has 0 fully saturated rings. The van der Waals surface area contributed by atoms with Gasteiger partial charge in [-0.1, -0.05) is 23.7 Å². The molecular weight excluding hydrogens is 291 g/mol. The van der Waals surface area contributed by atoms with E-state index in [0.29, 0.717) is 10.6 Å². The molecular formula is C16H14ClFN2O. The molecule has 0 aromatic heterocycles. The van der Waals surface area contributed by atoms with Crippen LogP contribution in [-0.2, 0) is 5.60 Å². The zero-order chi connectivity index (χ0) is 15.5. The highest BCUT2D eigenvalue weighted by Gasteiger charge is 2.23. The molecule has 2 N–H and O–H groups in total. The quantitative estimate of drug-likeness (QED) is 0.906. The van der Waals surface area contributed by atoms with Gasteiger partial charge in [-0.3, -0.25) is 0 Å². The summed E-state index contributed by atoms with van der Waals surface area (Å²) in [7, 11) is 0. The maximum absolute atomic E-state index is 13.8. The Morgan fingerprint density at radius 3 is 2.71 bits per heavy atom. The van der Waals surface area contributed by atoms with Gasteiger partial charge in [0.05, 0.1) is 17.3 Å². The van der Waals surface area contributed by atoms with Crippen LogP contribution in [0.4, 0.5) is 10.1 Å². The van der Waals surface area contributed by atoms with Crippen molar-refractivity contribution in [1.29, 1.82) is 5.26 Å². The standard InChI is InChI=1S/C16H14ClFN2O/c1-16(21,12-3-2-4-13(17)8-12)10-20-15-6-5-11(9-19)7-14(15)18/h2-8,20-21H,10H2,1H3. The van der Waals surface area contributed by atoms with Crippen LogP contribution in [0.3, 0.4) is 0 Å². The van der Waals surface area contributed by atoms with Crippen molar-refractivity contribution in [2.45, 2.75) is 12.5 Å². The van der Waals surface area contributed by atoms with Gasteiger partial charge in [0.1, 0.15) is 11.4 Å². The molecule has 0 aliphatic rings. The van der Waals surface area contributed by atoms with Gasteiger partial charge in [0.15, 0.2) is 0 Å². The second-order valence-corrected chi connectivity index (χ2v) is 5.38. The van der Waals surface area contributed by atoms with Crippen molar-refractivity contribution in [2.24, 2.45) is 0 Å². The zero-order valence-corrected chi connectivity index (χ0v) is 12.2. The third kappa shape index (κ3) is 3.72. The molecule has 0 aliphatic carbocycles. The summed E-state index contributed by atoms with van der Waals surface area (Å²) in [5.41, 5.74) is -0.0851. The lowest BCUT2D eigenvalue weighted by atomic mass is 9.96. The van der Waals surface area contributed by atoms with E-state index in [0.717, 1.165) is 6.07 Å². The summed E-state index contributed by atoms with van der Waals surface area (Å²) in [5, 5.41) is 22.5. The van der Waals surface area contributed by atoms with Gasteiger partial charge in [0.2, 0.25) is 0 Å². The Morgan fingerprint density at radius 2 is 2.10 bits per heavy atom. The number of aliphatic hydroxyl groups is 1. The smallest absolute Gasteiger partial charge is 0.147 e. The van der Waals surface area contributed by atoms with Crippen LogP contribution < -0.4 is 5.32 Å². The fraction of sp³-hybridized carbons (Fsp3) is 0.188. The maximum atomic E-state index is 13.8. The third-order valence-electron chi connectivity index (χ3n) is 3.17. The van der Waals surface area contributed by atoms with Crippen LogP contribution in [0.25, 0.3) is 0 Å². The summed E-state index contributed by atoms with van der Waals surface area (Å²) < 4.78 is 13.8. The average molecular weight is 305 g/mol. The number of nitrogens with one attached hydrogen (secondary N) is 1. The van der Waals surface area contributed by atoms with Crippen molar-refractivity contribution in [3.63, 3.8) is 0 Å². The normalized spacial score (nSPS) is 13.3. The molecule has 0 amide bonds. The number of nitriles is 1. The average Bonchev–Trinajstić information content (AvgIpc) is 2.46. The maximum Gasteiger partial charge on any atom is 0.147 e. The lowest BCUT2D eigenvalue weighted by molar-refractivity contribution is 0.0715. The number of nitrogens with zero attached hydrogens (tertiary/aromatic N) is 1. The number of rotatable bonds is 4. The van der Waals surface area contributed by atoms with Crippen LogP contribution in [0.1, 0.15) is 18.1 Å². The van der Waals surface area contributed by atoms with E-state index in [4.69, 9.17) is 16.9 Å². The zero-order valence-electron chi connectivity index (χ0n) is 11.4. The number of anilines is 1. The van der Waals surface area contributed by atoms with Crippen molar-refractivity contribution < 1.29 is 9.50 Å². The highest BCUT2D eigenvalue weighted by Crippen LogP contribution is 2.25. The lowest BCUT2D eigenvalue weighted by Crippen LogP contribution is -2.31. The molecule has 0 saturated heterocycles. The highest BCUT2D eigenvalue weighted by atomic mass is 35.5. The van der Waals surface area contributed by atoms with E-state index in [1.54, 1.807) is 31.2 Å². The van der Waals surface area contributed by atoms with Crippen LogP contribution >= 0.6 is 11.6 Å². The second-order valence-electron chi connectivity index (χ2n) is 4.94. The minimum absolute atomic E-state index is 0.107. The number of halogens is 2. The van der Waals surface area contributed by atoms with Gasteiger partial charge in [0, 0.05) is 11.6 Å². The minimum Gasteiger partial charge on any atom is -0.384 e. The summed E-state index contributed by atoms with van der Waals surface area (Å²) in [4.78, 5) is 0. The van der Waals surface area contributed by atoms with Crippen molar-refractivity contribution in [1.82, 2.24) is 0 Å². The summed E-state index contributed by atoms with van der Waals surface area (Å²) in [5.74, 6) is -0.532. The van der Waals surface area contributed by atoms with Crippen molar-refractivity contribution in [3.05, 3.63) is 64.4 Å². The number of benzene rings is 2. The molecule has 5 heteroatoms. The lowest BCUT2D eigenvalue weighted by Gasteiger charge is -2.25. The van der Waals surface area contributed by atoms with E-state index in [1.807, 2.05) is 6.07 Å². The Labute approximate surface area is 127 Å². The first-order valence-corrected chi connectivity index (χ1v) is 6.72. The van der Waals surface area contributed by atoms with E-state index in [-0.39, 0.29) is 17.8 Å². The monoisotopic (exact) mass is 304 g/mol. The van der Waals surface area contributed by atoms with Crippen LogP contribution in [0, 0.1) is 17.1 Å². The molecule has 0 aliphatic heterocycles. The molecule has 1 unspecified atom stereocenters. The van der Waals surface area contributed by atoms with Gasteiger partial charge in [0.25, 0.3) is 0 Å². The van der Waals surface area contributed by atoms with E-state index >= 15 is 0 Å². The van der Waals surface area contributed by atoms with E-state index in [1.165, 1.54) is 12.1 Å². The van der Waals surface area contributed by atoms with Crippen molar-refractivity contribution in [3.8, 4) is 6.07 Å². The summed E-state index contributed by atoms with van der Waals surface area (Å²) >= 11 is 5.90. The fourth-order valence-electron chi connectivity index (χ4n) is 1.92. The minimum atomic E-state index is -1.20. The molecule has 21 heavy (non-hydrogen) atoms. The first-order valence-electron chi connectivity index (χ1n) is 6.34. The predicted molar refractivity (Wildman–Crippen MR) is 80.6 cm³/mol. The molecule has 0 spiro atoms. The largest absolute Gasteiger partial charge is 0.384 e. The predicted octanol–water partition coefficient (Wildman–Crippen LogP) is 3.67. The van der Waals surface area contributed by atoms with Gasteiger partial charge in [-0.05, 0) is 42.8 Å². The first-order chi connectivity index (χ1) is 9.92. The Hall–Kier alpha value is -2.09. The van der Waals surface area contributed by atoms with Gasteiger partial charge in [-0.25, -0.2) is 4.39 Å². The third-order valence-corrected chi connectivity index (χ3v) is 3.40. The van der Waals surface area contributed by atoms with Crippen LogP contribution in [0.15, 0.2) is 42.5 Å². The van der Waals surface area contributed by atoms with Gasteiger partial charge in [-0.15, -0.1) is 0 Å². The SMILES string of the molecule is CC(O)(CNc1ccc(C#N)cc1F)c1cccc(Cl)c1. The van der Waals surface area contributed by atoms with E-state index < -0.39 is 11.4 Å². The molecule has 0 saturated carbocycles. The van der Waals surface area contributed by atoms with Gasteiger partial charge >= 0.3 is 0 Å². The van der Waals surface area contributed by atoms with E-state index in [9.17, 15) is 9.50 Å². The summed E-state index contributed by atoms with van der Waals surface area (Å²) in [6.07, 6.45) is 0. The van der Waals surface area contributed by atoms with Gasteiger partial charge < -0.3 is 10.4 Å². The molecule has 0 heterocycles. The van der Waals surface area contributed by atoms with Crippen LogP contribution in [0.5, 0.6) is 0 Å². The van der Waals surface area contributed by atoms with Gasteiger partial charge in [-0.2, -0.15) is 5.26 Å². The Morgan fingerprint density at radius 1 is 1.33 bits per heavy atom. The number of hydrogen-bond acceptors (Lipinski definition) is 3. The van der Waals surface area contributed by atoms with Crippen molar-refractivity contribution >= 4 is 17.3 Å². The van der Waals surface area contributed by atoms with Crippen LogP contribution in [-0.4, -0.2) is 11.7 Å². The Balaban J connectivity index is 2.13. The molecule has 2 aromatic carbocycles. The molecule has 0 radical (unpaired) electrons. The molecule has 3 nitrogen and oxygen atoms in total.